The molecule has 0 aliphatic carbocycles. The van der Waals surface area contributed by atoms with Crippen molar-refractivity contribution < 1.29 is 43.1 Å². The number of aliphatic hydroxyl groups excluding tert-OH is 1. The van der Waals surface area contributed by atoms with Crippen molar-refractivity contribution in [2.45, 2.75) is 39.7 Å². The fourth-order valence-electron chi connectivity index (χ4n) is 2.84. The summed E-state index contributed by atoms with van der Waals surface area (Å²) in [6.45, 7) is 10.2. The zero-order chi connectivity index (χ0) is 17.8. The van der Waals surface area contributed by atoms with Crippen LogP contribution in [0.2, 0.25) is 0 Å². The third-order valence-corrected chi connectivity index (χ3v) is 4.56. The van der Waals surface area contributed by atoms with Crippen molar-refractivity contribution in [2.24, 2.45) is 0 Å². The van der Waals surface area contributed by atoms with Gasteiger partial charge in [-0.15, -0.1) is 0 Å². The first kappa shape index (κ1) is 24.1. The van der Waals surface area contributed by atoms with E-state index in [0.29, 0.717) is 6.54 Å². The Bertz CT molecular complexity index is 501. The van der Waals surface area contributed by atoms with Crippen LogP contribution in [0.1, 0.15) is 39.2 Å². The van der Waals surface area contributed by atoms with Gasteiger partial charge < -0.3 is 38.3 Å². The van der Waals surface area contributed by atoms with Gasteiger partial charge in [0.05, 0.1) is 19.6 Å². The standard InChI is InChI=1S/C20H32NO3.HI/c1-4-7-15-21(5-2,6-3)16-19(22)17-24-20(23)14-13-18-11-9-8-10-12-18;/h8-14,19,22H,4-7,15-17H2,1-3H3;1H/q+1;/p-1/b14-13+;. The van der Waals surface area contributed by atoms with Crippen LogP contribution in [0.15, 0.2) is 36.4 Å². The molecule has 5 heteroatoms. The predicted molar refractivity (Wildman–Crippen MR) is 98.4 cm³/mol. The van der Waals surface area contributed by atoms with Crippen molar-refractivity contribution in [1.29, 1.82) is 0 Å². The Morgan fingerprint density at radius 1 is 1.20 bits per heavy atom. The molecular weight excluding hydrogens is 429 g/mol. The van der Waals surface area contributed by atoms with E-state index >= 15 is 0 Å². The molecule has 0 heterocycles. The molecule has 1 unspecified atom stereocenters. The van der Waals surface area contributed by atoms with Gasteiger partial charge in [0.2, 0.25) is 0 Å². The maximum atomic E-state index is 11.8. The summed E-state index contributed by atoms with van der Waals surface area (Å²) in [5, 5.41) is 10.3. The molecule has 4 nitrogen and oxygen atoms in total. The molecule has 0 aromatic heterocycles. The number of carbonyl (C=O) groups excluding carboxylic acids is 1. The topological polar surface area (TPSA) is 46.5 Å². The maximum absolute atomic E-state index is 11.8. The fourth-order valence-corrected chi connectivity index (χ4v) is 2.84. The van der Waals surface area contributed by atoms with Crippen molar-refractivity contribution in [3.8, 4) is 0 Å². The molecule has 0 fully saturated rings. The number of carbonyl (C=O) groups is 1. The third kappa shape index (κ3) is 9.37. The summed E-state index contributed by atoms with van der Waals surface area (Å²) >= 11 is 0. The summed E-state index contributed by atoms with van der Waals surface area (Å²) < 4.78 is 6.05. The molecular formula is C20H32INO3. The Morgan fingerprint density at radius 3 is 2.40 bits per heavy atom. The summed E-state index contributed by atoms with van der Waals surface area (Å²) in [4.78, 5) is 11.8. The number of hydrogen-bond donors (Lipinski definition) is 1. The van der Waals surface area contributed by atoms with E-state index in [1.54, 1.807) is 6.08 Å². The molecule has 0 saturated heterocycles. The lowest BCUT2D eigenvalue weighted by molar-refractivity contribution is -0.927. The average Bonchev–Trinajstić information content (AvgIpc) is 2.62. The van der Waals surface area contributed by atoms with E-state index in [1.807, 2.05) is 30.3 Å². The minimum absolute atomic E-state index is 0. The normalized spacial score (nSPS) is 12.6. The monoisotopic (exact) mass is 461 g/mol. The Balaban J connectivity index is 0.00000576. The highest BCUT2D eigenvalue weighted by Gasteiger charge is 2.26. The number of ether oxygens (including phenoxy) is 1. The molecule has 0 bridgehead atoms. The highest BCUT2D eigenvalue weighted by molar-refractivity contribution is 5.87. The molecule has 1 atom stereocenters. The Hall–Kier alpha value is -0.920. The molecule has 1 rings (SSSR count). The Labute approximate surface area is 169 Å². The van der Waals surface area contributed by atoms with E-state index in [2.05, 4.69) is 20.8 Å². The maximum Gasteiger partial charge on any atom is 0.330 e. The number of benzene rings is 1. The first-order valence-electron chi connectivity index (χ1n) is 8.98. The highest BCUT2D eigenvalue weighted by Crippen LogP contribution is 2.11. The van der Waals surface area contributed by atoms with Crippen LogP contribution in [0.4, 0.5) is 0 Å². The largest absolute Gasteiger partial charge is 1.00 e. The number of likely N-dealkylation sites (N-methyl/N-ethyl adjacent to an activating group) is 1. The van der Waals surface area contributed by atoms with Gasteiger partial charge in [0, 0.05) is 6.08 Å². The predicted octanol–water partition coefficient (Wildman–Crippen LogP) is 0.265. The van der Waals surface area contributed by atoms with Crippen molar-refractivity contribution in [1.82, 2.24) is 0 Å². The van der Waals surface area contributed by atoms with Gasteiger partial charge in [-0.1, -0.05) is 43.7 Å². The molecule has 0 radical (unpaired) electrons. The second-order valence-corrected chi connectivity index (χ2v) is 6.26. The molecule has 142 valence electrons. The van der Waals surface area contributed by atoms with E-state index < -0.39 is 12.1 Å². The van der Waals surface area contributed by atoms with Gasteiger partial charge in [0.1, 0.15) is 19.3 Å². The second kappa shape index (κ2) is 13.3. The van der Waals surface area contributed by atoms with E-state index in [-0.39, 0.29) is 30.6 Å². The minimum Gasteiger partial charge on any atom is -1.00 e. The number of quaternary nitrogens is 1. The quantitative estimate of drug-likeness (QED) is 0.223. The van der Waals surface area contributed by atoms with Gasteiger partial charge in [-0.25, -0.2) is 4.79 Å². The van der Waals surface area contributed by atoms with Crippen LogP contribution in [0.3, 0.4) is 0 Å². The van der Waals surface area contributed by atoms with Gasteiger partial charge in [-0.3, -0.25) is 0 Å². The SMILES string of the molecule is CCCC[N+](CC)(CC)CC(O)COC(=O)/C=C/c1ccccc1.[I-]. The lowest BCUT2D eigenvalue weighted by Gasteiger charge is -2.38. The summed E-state index contributed by atoms with van der Waals surface area (Å²) in [5.41, 5.74) is 0.946. The van der Waals surface area contributed by atoms with Crippen LogP contribution in [0.25, 0.3) is 6.08 Å². The Kier molecular flexibility index (Phi) is 12.8. The van der Waals surface area contributed by atoms with E-state index in [9.17, 15) is 9.90 Å². The van der Waals surface area contributed by atoms with Gasteiger partial charge in [-0.2, -0.15) is 0 Å². The number of halogens is 1. The van der Waals surface area contributed by atoms with Crippen LogP contribution >= 0.6 is 0 Å². The van der Waals surface area contributed by atoms with E-state index in [4.69, 9.17) is 4.74 Å². The van der Waals surface area contributed by atoms with E-state index in [0.717, 1.165) is 42.5 Å². The number of aliphatic hydroxyl groups is 1. The highest BCUT2D eigenvalue weighted by atomic mass is 127. The number of esters is 1. The fraction of sp³-hybridized carbons (Fsp3) is 0.550. The van der Waals surface area contributed by atoms with Crippen LogP contribution in [-0.2, 0) is 9.53 Å². The molecule has 1 aromatic rings. The van der Waals surface area contributed by atoms with Crippen molar-refractivity contribution >= 4 is 12.0 Å². The third-order valence-electron chi connectivity index (χ3n) is 4.56. The molecule has 0 saturated carbocycles. The van der Waals surface area contributed by atoms with Gasteiger partial charge in [0.25, 0.3) is 0 Å². The molecule has 1 N–H and O–H groups in total. The number of unbranched alkanes of at least 4 members (excludes halogenated alkanes) is 1. The van der Waals surface area contributed by atoms with Crippen LogP contribution < -0.4 is 24.0 Å². The zero-order valence-electron chi connectivity index (χ0n) is 15.7. The molecule has 0 aliphatic heterocycles. The summed E-state index contributed by atoms with van der Waals surface area (Å²) in [6.07, 6.45) is 4.79. The van der Waals surface area contributed by atoms with Crippen LogP contribution in [0, 0.1) is 0 Å². The van der Waals surface area contributed by atoms with Gasteiger partial charge in [0.15, 0.2) is 0 Å². The molecule has 25 heavy (non-hydrogen) atoms. The molecule has 1 aromatic carbocycles. The summed E-state index contributed by atoms with van der Waals surface area (Å²) in [7, 11) is 0. The molecule has 0 amide bonds. The number of hydrogen-bond acceptors (Lipinski definition) is 3. The van der Waals surface area contributed by atoms with Crippen LogP contribution in [0.5, 0.6) is 0 Å². The smallest absolute Gasteiger partial charge is 0.330 e. The zero-order valence-corrected chi connectivity index (χ0v) is 17.8. The lowest BCUT2D eigenvalue weighted by Crippen LogP contribution is -3.00. The summed E-state index contributed by atoms with van der Waals surface area (Å²) in [5.74, 6) is -0.419. The first-order chi connectivity index (χ1) is 11.5. The Morgan fingerprint density at radius 2 is 1.84 bits per heavy atom. The summed E-state index contributed by atoms with van der Waals surface area (Å²) in [6, 6.07) is 9.59. The first-order valence-corrected chi connectivity index (χ1v) is 8.98. The van der Waals surface area contributed by atoms with Gasteiger partial charge >= 0.3 is 5.97 Å². The van der Waals surface area contributed by atoms with Crippen molar-refractivity contribution in [3.63, 3.8) is 0 Å². The van der Waals surface area contributed by atoms with Gasteiger partial charge in [-0.05, 0) is 31.9 Å². The lowest BCUT2D eigenvalue weighted by atomic mass is 10.2. The van der Waals surface area contributed by atoms with Crippen molar-refractivity contribution in [2.75, 3.05) is 32.8 Å². The average molecular weight is 461 g/mol. The molecule has 0 spiro atoms. The number of nitrogens with zero attached hydrogens (tertiary/aromatic N) is 1. The van der Waals surface area contributed by atoms with E-state index in [1.165, 1.54) is 6.08 Å². The van der Waals surface area contributed by atoms with Crippen LogP contribution in [-0.4, -0.2) is 54.4 Å². The second-order valence-electron chi connectivity index (χ2n) is 6.26. The number of rotatable bonds is 11. The minimum atomic E-state index is -0.629. The molecule has 0 aliphatic rings. The van der Waals surface area contributed by atoms with Crippen molar-refractivity contribution in [3.05, 3.63) is 42.0 Å².